The van der Waals surface area contributed by atoms with Crippen molar-refractivity contribution >= 4 is 15.8 Å². The van der Waals surface area contributed by atoms with Crippen LogP contribution in [-0.2, 0) is 14.3 Å². The van der Waals surface area contributed by atoms with E-state index in [0.717, 1.165) is 0 Å². The van der Waals surface area contributed by atoms with E-state index in [1.54, 1.807) is 18.2 Å². The van der Waals surface area contributed by atoms with Gasteiger partial charge in [0.1, 0.15) is 0 Å². The molecule has 6 nitrogen and oxygen atoms in total. The zero-order valence-corrected chi connectivity index (χ0v) is 9.73. The maximum Gasteiger partial charge on any atom is 0.523 e. The second-order valence-corrected chi connectivity index (χ2v) is 4.36. The highest BCUT2D eigenvalue weighted by atomic mass is 32.2. The standard InChI is InChI=1S/C6H5NO2.C2H3F3O3S/c8-7(9)6-4-2-1-3-5-6;1-8-9(6,7)2(3,4)5/h1-5H;1H3. The van der Waals surface area contributed by atoms with E-state index in [2.05, 4.69) is 4.18 Å². The van der Waals surface area contributed by atoms with Crippen molar-refractivity contribution in [2.24, 2.45) is 0 Å². The molecule has 0 fully saturated rings. The normalized spacial score (nSPS) is 11.3. The molecule has 0 aliphatic carbocycles. The Hall–Kier alpha value is -1.68. The van der Waals surface area contributed by atoms with Gasteiger partial charge in [-0.15, -0.1) is 0 Å². The molecule has 0 saturated heterocycles. The number of alkyl halides is 3. The van der Waals surface area contributed by atoms with Crippen LogP contribution >= 0.6 is 0 Å². The molecule has 0 atom stereocenters. The summed E-state index contributed by atoms with van der Waals surface area (Å²) in [5.74, 6) is 0. The van der Waals surface area contributed by atoms with Crippen LogP contribution in [0.25, 0.3) is 0 Å². The first kappa shape index (κ1) is 16.3. The van der Waals surface area contributed by atoms with Crippen molar-refractivity contribution < 1.29 is 30.7 Å². The summed E-state index contributed by atoms with van der Waals surface area (Å²) in [6, 6.07) is 7.93. The summed E-state index contributed by atoms with van der Waals surface area (Å²) in [4.78, 5) is 9.59. The minimum atomic E-state index is -5.34. The van der Waals surface area contributed by atoms with Crippen molar-refractivity contribution in [3.8, 4) is 0 Å². The van der Waals surface area contributed by atoms with Gasteiger partial charge >= 0.3 is 15.6 Å². The van der Waals surface area contributed by atoms with Gasteiger partial charge < -0.3 is 0 Å². The molecular formula is C8H8F3NO5S. The highest BCUT2D eigenvalue weighted by Crippen LogP contribution is 2.23. The van der Waals surface area contributed by atoms with E-state index >= 15 is 0 Å². The summed E-state index contributed by atoms with van der Waals surface area (Å²) >= 11 is 0. The number of nitro groups is 1. The zero-order valence-electron chi connectivity index (χ0n) is 8.92. The van der Waals surface area contributed by atoms with E-state index in [1.807, 2.05) is 0 Å². The predicted molar refractivity (Wildman–Crippen MR) is 55.1 cm³/mol. The number of hydrogen-bond donors (Lipinski definition) is 0. The van der Waals surface area contributed by atoms with Crippen LogP contribution in [0.1, 0.15) is 0 Å². The number of rotatable bonds is 2. The lowest BCUT2D eigenvalue weighted by molar-refractivity contribution is -0.384. The predicted octanol–water partition coefficient (Wildman–Crippen LogP) is 2.08. The Labute approximate surface area is 100 Å². The number of halogens is 3. The monoisotopic (exact) mass is 287 g/mol. The fraction of sp³-hybridized carbons (Fsp3) is 0.250. The van der Waals surface area contributed by atoms with Crippen molar-refractivity contribution in [2.45, 2.75) is 5.51 Å². The summed E-state index contributed by atoms with van der Waals surface area (Å²) in [7, 11) is -4.89. The fourth-order valence-electron chi connectivity index (χ4n) is 0.644. The zero-order chi connectivity index (χ0) is 14.4. The molecule has 0 heterocycles. The largest absolute Gasteiger partial charge is 0.523 e. The summed E-state index contributed by atoms with van der Waals surface area (Å²) < 4.78 is 55.9. The van der Waals surface area contributed by atoms with Gasteiger partial charge in [-0.1, -0.05) is 18.2 Å². The van der Waals surface area contributed by atoms with E-state index < -0.39 is 20.5 Å². The van der Waals surface area contributed by atoms with E-state index in [-0.39, 0.29) is 5.69 Å². The summed E-state index contributed by atoms with van der Waals surface area (Å²) in [5.41, 5.74) is -5.17. The van der Waals surface area contributed by atoms with Gasteiger partial charge in [-0.05, 0) is 0 Å². The van der Waals surface area contributed by atoms with Crippen LogP contribution in [-0.4, -0.2) is 26.0 Å². The Morgan fingerprint density at radius 1 is 1.22 bits per heavy atom. The topological polar surface area (TPSA) is 86.5 Å². The lowest BCUT2D eigenvalue weighted by atomic mass is 10.3. The summed E-state index contributed by atoms with van der Waals surface area (Å²) in [6.07, 6.45) is 0. The molecule has 10 heteroatoms. The van der Waals surface area contributed by atoms with Crippen molar-refractivity contribution in [3.63, 3.8) is 0 Å². The fourth-order valence-corrected chi connectivity index (χ4v) is 0.833. The number of nitrogens with zero attached hydrogens (tertiary/aromatic N) is 1. The van der Waals surface area contributed by atoms with Crippen molar-refractivity contribution in [3.05, 3.63) is 40.4 Å². The molecule has 0 saturated carbocycles. The molecule has 0 aromatic heterocycles. The van der Waals surface area contributed by atoms with E-state index in [1.165, 1.54) is 12.1 Å². The SMILES string of the molecule is COS(=O)(=O)C(F)(F)F.O=[N+]([O-])c1ccccc1. The van der Waals surface area contributed by atoms with E-state index in [0.29, 0.717) is 7.11 Å². The van der Waals surface area contributed by atoms with Crippen LogP contribution in [0.2, 0.25) is 0 Å². The van der Waals surface area contributed by atoms with Gasteiger partial charge in [0.05, 0.1) is 12.0 Å². The molecule has 0 aliphatic heterocycles. The Bertz CT molecular complexity index is 485. The Balaban J connectivity index is 0.000000321. The van der Waals surface area contributed by atoms with Crippen LogP contribution in [0.15, 0.2) is 30.3 Å². The first-order valence-corrected chi connectivity index (χ1v) is 5.59. The molecule has 0 spiro atoms. The van der Waals surface area contributed by atoms with Gasteiger partial charge in [-0.2, -0.15) is 21.6 Å². The third kappa shape index (κ3) is 5.10. The van der Waals surface area contributed by atoms with Gasteiger partial charge in [0.25, 0.3) is 5.69 Å². The molecule has 1 aromatic rings. The lowest BCUT2D eigenvalue weighted by Gasteiger charge is -2.02. The molecule has 102 valence electrons. The second-order valence-electron chi connectivity index (χ2n) is 2.66. The van der Waals surface area contributed by atoms with Crippen LogP contribution in [0.4, 0.5) is 18.9 Å². The second kappa shape index (κ2) is 6.31. The molecular weight excluding hydrogens is 279 g/mol. The number of benzene rings is 1. The van der Waals surface area contributed by atoms with Crippen molar-refractivity contribution in [1.82, 2.24) is 0 Å². The molecule has 18 heavy (non-hydrogen) atoms. The molecule has 1 rings (SSSR count). The number of nitro benzene ring substituents is 1. The van der Waals surface area contributed by atoms with Crippen LogP contribution in [0.5, 0.6) is 0 Å². The average molecular weight is 287 g/mol. The molecule has 0 bridgehead atoms. The summed E-state index contributed by atoms with van der Waals surface area (Å²) in [6.45, 7) is 0. The van der Waals surface area contributed by atoms with Crippen molar-refractivity contribution in [1.29, 1.82) is 0 Å². The van der Waals surface area contributed by atoms with Crippen molar-refractivity contribution in [2.75, 3.05) is 7.11 Å². The van der Waals surface area contributed by atoms with Gasteiger partial charge in [0.2, 0.25) is 0 Å². The first-order valence-electron chi connectivity index (χ1n) is 4.18. The van der Waals surface area contributed by atoms with Crippen LogP contribution in [0, 0.1) is 10.1 Å². The van der Waals surface area contributed by atoms with Crippen LogP contribution < -0.4 is 0 Å². The Morgan fingerprint density at radius 3 is 1.83 bits per heavy atom. The van der Waals surface area contributed by atoms with Crippen LogP contribution in [0.3, 0.4) is 0 Å². The Morgan fingerprint density at radius 2 is 1.67 bits per heavy atom. The van der Waals surface area contributed by atoms with E-state index in [9.17, 15) is 31.7 Å². The maximum absolute atomic E-state index is 11.1. The smallest absolute Gasteiger partial charge is 0.267 e. The molecule has 1 aromatic carbocycles. The molecule has 0 unspecified atom stereocenters. The lowest BCUT2D eigenvalue weighted by Crippen LogP contribution is -2.23. The van der Waals surface area contributed by atoms with Gasteiger partial charge in [0, 0.05) is 12.1 Å². The molecule has 0 amide bonds. The number of non-ortho nitro benzene ring substituents is 1. The maximum atomic E-state index is 11.1. The van der Waals surface area contributed by atoms with E-state index in [4.69, 9.17) is 0 Å². The highest BCUT2D eigenvalue weighted by Gasteiger charge is 2.46. The average Bonchev–Trinajstić information content (AvgIpc) is 2.29. The minimum Gasteiger partial charge on any atom is -0.267 e. The highest BCUT2D eigenvalue weighted by molar-refractivity contribution is 7.87. The van der Waals surface area contributed by atoms with Gasteiger partial charge in [0.15, 0.2) is 0 Å². The van der Waals surface area contributed by atoms with Gasteiger partial charge in [-0.25, -0.2) is 0 Å². The third-order valence-electron chi connectivity index (χ3n) is 1.47. The number of para-hydroxylation sites is 1. The summed E-state index contributed by atoms with van der Waals surface area (Å²) in [5, 5.41) is 10.0. The quantitative estimate of drug-likeness (QED) is 0.360. The third-order valence-corrected chi connectivity index (χ3v) is 2.48. The first-order chi connectivity index (χ1) is 8.12. The molecule has 0 aliphatic rings. The number of hydrogen-bond acceptors (Lipinski definition) is 5. The Kier molecular flexibility index (Phi) is 5.72. The van der Waals surface area contributed by atoms with Gasteiger partial charge in [-0.3, -0.25) is 14.3 Å². The molecule has 0 radical (unpaired) electrons. The molecule has 0 N–H and O–H groups in total. The minimum absolute atomic E-state index is 0.137.